The number of ether oxygens (including phenoxy) is 1. The number of unbranched alkanes of at least 4 members (excludes halogenated alkanes) is 1. The number of hydrogen-bond donors (Lipinski definition) is 1. The Balaban J connectivity index is 2.36. The maximum atomic E-state index is 11.1. The molecule has 1 fully saturated rings. The van der Waals surface area contributed by atoms with Crippen LogP contribution in [-0.4, -0.2) is 30.1 Å². The van der Waals surface area contributed by atoms with E-state index in [1.54, 1.807) is 13.0 Å². The minimum Gasteiger partial charge on any atom is -0.462 e. The molecule has 0 aromatic rings. The number of aliphatic hydroxyl groups excluding tert-OH is 1. The summed E-state index contributed by atoms with van der Waals surface area (Å²) < 4.78 is 4.79. The van der Waals surface area contributed by atoms with Crippen LogP contribution in [0.3, 0.4) is 0 Å². The first kappa shape index (κ1) is 14.4. The zero-order chi connectivity index (χ0) is 13.5. The first-order valence-electron chi connectivity index (χ1n) is 5.89. The van der Waals surface area contributed by atoms with Gasteiger partial charge in [-0.25, -0.2) is 4.79 Å². The summed E-state index contributed by atoms with van der Waals surface area (Å²) in [5, 5.41) is 9.84. The molecule has 1 rings (SSSR count). The monoisotopic (exact) mass is 250 g/mol. The first-order valence-corrected chi connectivity index (χ1v) is 5.89. The summed E-state index contributed by atoms with van der Waals surface area (Å²) in [4.78, 5) is 21.4. The Morgan fingerprint density at radius 2 is 2.33 bits per heavy atom. The number of carbonyl (C=O) groups excluding carboxylic acids is 2. The molecule has 0 spiro atoms. The van der Waals surface area contributed by atoms with Crippen molar-refractivity contribution in [3.05, 3.63) is 36.0 Å². The van der Waals surface area contributed by atoms with Gasteiger partial charge in [-0.2, -0.15) is 0 Å². The number of cyclic esters (lactones) is 1. The van der Waals surface area contributed by atoms with Gasteiger partial charge in [0.05, 0.1) is 12.0 Å². The lowest BCUT2D eigenvalue weighted by Crippen LogP contribution is -2.19. The minimum absolute atomic E-state index is 0.188. The topological polar surface area (TPSA) is 63.6 Å². The molecule has 1 N–H and O–H groups in total. The molecule has 2 atom stereocenters. The van der Waals surface area contributed by atoms with Crippen LogP contribution in [0.4, 0.5) is 0 Å². The third-order valence-corrected chi connectivity index (χ3v) is 2.83. The van der Waals surface area contributed by atoms with Crippen molar-refractivity contribution < 1.29 is 19.4 Å². The van der Waals surface area contributed by atoms with Crippen LogP contribution in [0.25, 0.3) is 0 Å². The predicted molar refractivity (Wildman–Crippen MR) is 67.8 cm³/mol. The van der Waals surface area contributed by atoms with Crippen LogP contribution in [0.2, 0.25) is 0 Å². The Labute approximate surface area is 107 Å². The summed E-state index contributed by atoms with van der Waals surface area (Å²) in [7, 11) is 0. The number of allylic oxidation sites excluding steroid dienone is 3. The zero-order valence-electron chi connectivity index (χ0n) is 10.5. The molecular weight excluding hydrogens is 232 g/mol. The van der Waals surface area contributed by atoms with E-state index in [1.165, 1.54) is 0 Å². The molecule has 1 aliphatic heterocycles. The molecule has 18 heavy (non-hydrogen) atoms. The van der Waals surface area contributed by atoms with Crippen molar-refractivity contribution in [1.82, 2.24) is 0 Å². The Morgan fingerprint density at radius 1 is 1.61 bits per heavy atom. The van der Waals surface area contributed by atoms with Gasteiger partial charge < -0.3 is 9.84 Å². The van der Waals surface area contributed by atoms with E-state index >= 15 is 0 Å². The summed E-state index contributed by atoms with van der Waals surface area (Å²) >= 11 is 0. The van der Waals surface area contributed by atoms with Gasteiger partial charge in [-0.15, -0.1) is 0 Å². The second-order valence-electron chi connectivity index (χ2n) is 4.29. The number of esters is 1. The minimum atomic E-state index is -0.750. The fourth-order valence-electron chi connectivity index (χ4n) is 1.64. The van der Waals surface area contributed by atoms with E-state index in [-0.39, 0.29) is 12.5 Å². The quantitative estimate of drug-likeness (QED) is 0.255. The number of rotatable bonds is 6. The van der Waals surface area contributed by atoms with Crippen LogP contribution in [0, 0.1) is 5.92 Å². The fraction of sp³-hybridized carbons (Fsp3) is 0.429. The molecule has 2 unspecified atom stereocenters. The van der Waals surface area contributed by atoms with Gasteiger partial charge in [-0.3, -0.25) is 4.79 Å². The molecule has 98 valence electrons. The fourth-order valence-corrected chi connectivity index (χ4v) is 1.64. The van der Waals surface area contributed by atoms with E-state index in [1.807, 2.05) is 12.2 Å². The van der Waals surface area contributed by atoms with E-state index in [0.29, 0.717) is 11.1 Å². The summed E-state index contributed by atoms with van der Waals surface area (Å²) in [5.41, 5.74) is 1.02. The van der Waals surface area contributed by atoms with Crippen molar-refractivity contribution >= 4 is 12.3 Å². The van der Waals surface area contributed by atoms with E-state index in [0.717, 1.165) is 19.1 Å². The molecule has 0 aromatic carbocycles. The summed E-state index contributed by atoms with van der Waals surface area (Å²) in [6.07, 6.45) is 6.84. The van der Waals surface area contributed by atoms with Crippen molar-refractivity contribution in [2.45, 2.75) is 25.9 Å². The molecule has 0 aromatic heterocycles. The molecule has 4 nitrogen and oxygen atoms in total. The Hall–Kier alpha value is -1.68. The van der Waals surface area contributed by atoms with Gasteiger partial charge in [0.15, 0.2) is 0 Å². The first-order chi connectivity index (χ1) is 8.56. The normalized spacial score (nSPS) is 22.3. The average molecular weight is 250 g/mol. The highest BCUT2D eigenvalue weighted by Gasteiger charge is 2.32. The Kier molecular flexibility index (Phi) is 5.52. The van der Waals surface area contributed by atoms with Crippen LogP contribution < -0.4 is 0 Å². The molecule has 0 radical (unpaired) electrons. The molecular formula is C14H18O4. The maximum absolute atomic E-state index is 11.1. The second-order valence-corrected chi connectivity index (χ2v) is 4.29. The molecule has 0 saturated carbocycles. The smallest absolute Gasteiger partial charge is 0.333 e. The largest absolute Gasteiger partial charge is 0.462 e. The van der Waals surface area contributed by atoms with Gasteiger partial charge in [0.25, 0.3) is 0 Å². The van der Waals surface area contributed by atoms with Gasteiger partial charge in [-0.1, -0.05) is 24.8 Å². The lowest BCUT2D eigenvalue weighted by molar-refractivity contribution is -0.135. The lowest BCUT2D eigenvalue weighted by Gasteiger charge is -2.11. The molecule has 0 bridgehead atoms. The van der Waals surface area contributed by atoms with E-state index < -0.39 is 12.1 Å². The van der Waals surface area contributed by atoms with Crippen molar-refractivity contribution in [3.8, 4) is 0 Å². The standard InChI is InChI=1S/C14H18O4/c1-10(8-15)6-4-3-5-7-13(16)12-9-18-14(17)11(12)2/h5-8,12-13,16H,2-4,9H2,1H3. The molecule has 1 heterocycles. The van der Waals surface area contributed by atoms with Crippen LogP contribution >= 0.6 is 0 Å². The SMILES string of the molecule is C=C1C(=O)OCC1C(O)C=CCCC=C(C)C=O. The van der Waals surface area contributed by atoms with Crippen LogP contribution in [-0.2, 0) is 14.3 Å². The van der Waals surface area contributed by atoms with E-state index in [2.05, 4.69) is 6.58 Å². The molecule has 1 aliphatic rings. The van der Waals surface area contributed by atoms with Crippen LogP contribution in [0.1, 0.15) is 19.8 Å². The van der Waals surface area contributed by atoms with Crippen LogP contribution in [0.15, 0.2) is 36.0 Å². The van der Waals surface area contributed by atoms with Crippen molar-refractivity contribution in [2.24, 2.45) is 5.92 Å². The number of aldehydes is 1. The number of aliphatic hydroxyl groups is 1. The van der Waals surface area contributed by atoms with Gasteiger partial charge in [0.1, 0.15) is 12.9 Å². The van der Waals surface area contributed by atoms with Gasteiger partial charge >= 0.3 is 5.97 Å². The van der Waals surface area contributed by atoms with Crippen molar-refractivity contribution in [3.63, 3.8) is 0 Å². The second kappa shape index (κ2) is 6.91. The van der Waals surface area contributed by atoms with Gasteiger partial charge in [0.2, 0.25) is 0 Å². The summed E-state index contributed by atoms with van der Waals surface area (Å²) in [5.74, 6) is -0.780. The van der Waals surface area contributed by atoms with Crippen molar-refractivity contribution in [2.75, 3.05) is 6.61 Å². The number of hydrogen-bond acceptors (Lipinski definition) is 4. The van der Waals surface area contributed by atoms with Gasteiger partial charge in [-0.05, 0) is 25.3 Å². The van der Waals surface area contributed by atoms with Crippen molar-refractivity contribution in [1.29, 1.82) is 0 Å². The molecule has 1 saturated heterocycles. The Morgan fingerprint density at radius 3 is 2.89 bits per heavy atom. The molecule has 4 heteroatoms. The number of carbonyl (C=O) groups is 2. The summed E-state index contributed by atoms with van der Waals surface area (Å²) in [6.45, 7) is 5.53. The molecule has 0 amide bonds. The van der Waals surface area contributed by atoms with Gasteiger partial charge in [0, 0.05) is 5.57 Å². The highest BCUT2D eigenvalue weighted by atomic mass is 16.5. The molecule has 0 aliphatic carbocycles. The average Bonchev–Trinajstić information content (AvgIpc) is 2.69. The van der Waals surface area contributed by atoms with E-state index in [4.69, 9.17) is 4.74 Å². The highest BCUT2D eigenvalue weighted by Crippen LogP contribution is 2.23. The lowest BCUT2D eigenvalue weighted by atomic mass is 9.97. The predicted octanol–water partition coefficient (Wildman–Crippen LogP) is 1.56. The van der Waals surface area contributed by atoms with E-state index in [9.17, 15) is 14.7 Å². The zero-order valence-corrected chi connectivity index (χ0v) is 10.5. The third kappa shape index (κ3) is 3.96. The highest BCUT2D eigenvalue weighted by molar-refractivity contribution is 5.90. The third-order valence-electron chi connectivity index (χ3n) is 2.83. The van der Waals surface area contributed by atoms with Crippen LogP contribution in [0.5, 0.6) is 0 Å². The summed E-state index contributed by atoms with van der Waals surface area (Å²) in [6, 6.07) is 0. The maximum Gasteiger partial charge on any atom is 0.333 e. The Bertz CT molecular complexity index is 393.